The minimum Gasteiger partial charge on any atom is -0.496 e. The van der Waals surface area contributed by atoms with E-state index < -0.39 is 0 Å². The number of nitrogens with one attached hydrogen (secondary N) is 1. The van der Waals surface area contributed by atoms with Crippen LogP contribution in [-0.4, -0.2) is 51.9 Å². The monoisotopic (exact) mass is 398 g/mol. The van der Waals surface area contributed by atoms with Gasteiger partial charge in [0.15, 0.2) is 0 Å². The molecular formula is C22H18N6O2. The minimum absolute atomic E-state index is 0.167. The Morgan fingerprint density at radius 1 is 1.13 bits per heavy atom. The van der Waals surface area contributed by atoms with Crippen LogP contribution in [0.5, 0.6) is 5.75 Å². The first kappa shape index (κ1) is 19.1. The number of aromatic nitrogens is 4. The van der Waals surface area contributed by atoms with E-state index in [4.69, 9.17) is 4.74 Å². The van der Waals surface area contributed by atoms with E-state index in [0.717, 1.165) is 11.1 Å². The number of carbonyl (C=O) groups excluding carboxylic acids is 1. The molecule has 0 radical (unpaired) electrons. The number of ether oxygens (including phenoxy) is 1. The molecule has 0 saturated carbocycles. The molecular weight excluding hydrogens is 380 g/mol. The number of hydrogen-bond donors (Lipinski definition) is 1. The van der Waals surface area contributed by atoms with Gasteiger partial charge in [-0.25, -0.2) is 4.98 Å². The van der Waals surface area contributed by atoms with Gasteiger partial charge in [-0.05, 0) is 12.1 Å². The maximum Gasteiger partial charge on any atom is 0.254 e. The molecule has 4 rings (SSSR count). The van der Waals surface area contributed by atoms with Crippen LogP contribution in [0.1, 0.15) is 15.9 Å². The molecule has 0 bridgehead atoms. The zero-order chi connectivity index (χ0) is 21.3. The second kappa shape index (κ2) is 7.64. The van der Waals surface area contributed by atoms with Crippen molar-refractivity contribution in [1.82, 2.24) is 24.8 Å². The highest BCUT2D eigenvalue weighted by Crippen LogP contribution is 2.38. The van der Waals surface area contributed by atoms with Crippen molar-refractivity contribution < 1.29 is 9.53 Å². The number of nitriles is 1. The van der Waals surface area contributed by atoms with E-state index in [2.05, 4.69) is 26.0 Å². The number of nitrogens with zero attached hydrogens (tertiary/aromatic N) is 5. The third-order valence-corrected chi connectivity index (χ3v) is 4.81. The molecule has 0 aromatic carbocycles. The fraction of sp³-hybridized carbons (Fsp3) is 0.136. The predicted octanol–water partition coefficient (Wildman–Crippen LogP) is 3.27. The third-order valence-electron chi connectivity index (χ3n) is 4.81. The summed E-state index contributed by atoms with van der Waals surface area (Å²) in [5.74, 6) is 0.472. The Balaban J connectivity index is 1.95. The lowest BCUT2D eigenvalue weighted by atomic mass is 9.97. The summed E-state index contributed by atoms with van der Waals surface area (Å²) in [7, 11) is 4.94. The third kappa shape index (κ3) is 3.12. The van der Waals surface area contributed by atoms with Crippen molar-refractivity contribution in [2.24, 2.45) is 0 Å². The summed E-state index contributed by atoms with van der Waals surface area (Å²) in [6, 6.07) is 5.78. The quantitative estimate of drug-likeness (QED) is 0.565. The van der Waals surface area contributed by atoms with E-state index in [1.54, 1.807) is 64.3 Å². The summed E-state index contributed by atoms with van der Waals surface area (Å²) in [5.41, 5.74) is 4.17. The van der Waals surface area contributed by atoms with Crippen LogP contribution in [0.3, 0.4) is 0 Å². The van der Waals surface area contributed by atoms with Crippen molar-refractivity contribution in [3.05, 3.63) is 60.4 Å². The maximum absolute atomic E-state index is 12.3. The molecule has 0 aliphatic carbocycles. The van der Waals surface area contributed by atoms with Gasteiger partial charge in [-0.15, -0.1) is 0 Å². The van der Waals surface area contributed by atoms with E-state index in [1.807, 2.05) is 0 Å². The molecule has 0 spiro atoms. The summed E-state index contributed by atoms with van der Waals surface area (Å²) in [6.45, 7) is 0. The van der Waals surface area contributed by atoms with Crippen molar-refractivity contribution in [2.45, 2.75) is 0 Å². The lowest BCUT2D eigenvalue weighted by molar-refractivity contribution is 0.0827. The second-order valence-electron chi connectivity index (χ2n) is 6.82. The number of amides is 1. The van der Waals surface area contributed by atoms with Gasteiger partial charge in [0.25, 0.3) is 5.91 Å². The number of carbonyl (C=O) groups is 1. The van der Waals surface area contributed by atoms with Crippen molar-refractivity contribution >= 4 is 16.9 Å². The van der Waals surface area contributed by atoms with Crippen molar-refractivity contribution in [1.29, 1.82) is 5.26 Å². The highest BCUT2D eigenvalue weighted by atomic mass is 16.5. The maximum atomic E-state index is 12.3. The largest absolute Gasteiger partial charge is 0.496 e. The van der Waals surface area contributed by atoms with Crippen LogP contribution in [0.15, 0.2) is 49.3 Å². The van der Waals surface area contributed by atoms with Crippen LogP contribution < -0.4 is 4.74 Å². The standard InChI is InChI=1S/C22H18N6O2/c1-28(2)22(29)14-6-13(8-25-9-14)16-11-26-21-20(15(16)7-23)18(12-27-21)17-10-24-5-4-19(17)30-3/h4-6,8-12H,1-3H3,(H,26,27). The van der Waals surface area contributed by atoms with Crippen LogP contribution >= 0.6 is 0 Å². The molecule has 0 aliphatic rings. The molecule has 0 aliphatic heterocycles. The average Bonchev–Trinajstić information content (AvgIpc) is 3.22. The smallest absolute Gasteiger partial charge is 0.254 e. The first-order valence-electron chi connectivity index (χ1n) is 9.10. The predicted molar refractivity (Wildman–Crippen MR) is 112 cm³/mol. The summed E-state index contributed by atoms with van der Waals surface area (Å²) in [5, 5.41) is 10.7. The molecule has 1 N–H and O–H groups in total. The van der Waals surface area contributed by atoms with Gasteiger partial charge in [0.1, 0.15) is 17.5 Å². The first-order chi connectivity index (χ1) is 14.5. The number of fused-ring (bicyclic) bond motifs is 1. The average molecular weight is 398 g/mol. The number of hydrogen-bond acceptors (Lipinski definition) is 6. The van der Waals surface area contributed by atoms with Crippen molar-refractivity contribution in [2.75, 3.05) is 21.2 Å². The fourth-order valence-corrected chi connectivity index (χ4v) is 3.37. The number of H-pyrrole nitrogens is 1. The molecule has 8 nitrogen and oxygen atoms in total. The zero-order valence-corrected chi connectivity index (χ0v) is 16.7. The lowest BCUT2D eigenvalue weighted by Crippen LogP contribution is -2.21. The molecule has 0 fully saturated rings. The van der Waals surface area contributed by atoms with E-state index >= 15 is 0 Å². The van der Waals surface area contributed by atoms with E-state index in [9.17, 15) is 10.1 Å². The topological polar surface area (TPSA) is 108 Å². The Hall–Kier alpha value is -4.25. The Morgan fingerprint density at radius 2 is 1.97 bits per heavy atom. The number of methoxy groups -OCH3 is 1. The van der Waals surface area contributed by atoms with Gasteiger partial charge < -0.3 is 14.6 Å². The molecule has 4 aromatic heterocycles. The highest BCUT2D eigenvalue weighted by molar-refractivity contribution is 6.02. The number of rotatable bonds is 4. The molecule has 4 aromatic rings. The van der Waals surface area contributed by atoms with Crippen LogP contribution in [0.4, 0.5) is 0 Å². The normalized spacial score (nSPS) is 10.6. The highest BCUT2D eigenvalue weighted by Gasteiger charge is 2.19. The molecule has 0 atom stereocenters. The van der Waals surface area contributed by atoms with Gasteiger partial charge in [0, 0.05) is 78.9 Å². The van der Waals surface area contributed by atoms with Gasteiger partial charge in [-0.1, -0.05) is 0 Å². The van der Waals surface area contributed by atoms with E-state index in [1.165, 1.54) is 11.1 Å². The Kier molecular flexibility index (Phi) is 4.86. The second-order valence-corrected chi connectivity index (χ2v) is 6.82. The summed E-state index contributed by atoms with van der Waals surface area (Å²) in [4.78, 5) is 29.8. The van der Waals surface area contributed by atoms with Gasteiger partial charge >= 0.3 is 0 Å². The molecule has 1 amide bonds. The number of aromatic amines is 1. The van der Waals surface area contributed by atoms with Gasteiger partial charge in [-0.3, -0.25) is 14.8 Å². The van der Waals surface area contributed by atoms with Crippen molar-refractivity contribution in [3.63, 3.8) is 0 Å². The molecule has 4 heterocycles. The van der Waals surface area contributed by atoms with Crippen LogP contribution in [0.2, 0.25) is 0 Å². The summed E-state index contributed by atoms with van der Waals surface area (Å²) < 4.78 is 5.46. The Bertz CT molecular complexity index is 1300. The molecule has 148 valence electrons. The first-order valence-corrected chi connectivity index (χ1v) is 9.10. The van der Waals surface area contributed by atoms with Gasteiger partial charge in [-0.2, -0.15) is 5.26 Å². The SMILES string of the molecule is COc1ccncc1-c1c[nH]c2ncc(-c3cncc(C(=O)N(C)C)c3)c(C#N)c12. The molecule has 30 heavy (non-hydrogen) atoms. The number of pyridine rings is 3. The molecule has 0 unspecified atom stereocenters. The van der Waals surface area contributed by atoms with Crippen molar-refractivity contribution in [3.8, 4) is 34.1 Å². The fourth-order valence-electron chi connectivity index (χ4n) is 3.37. The van der Waals surface area contributed by atoms with Crippen LogP contribution in [0, 0.1) is 11.3 Å². The Morgan fingerprint density at radius 3 is 2.70 bits per heavy atom. The van der Waals surface area contributed by atoms with E-state index in [-0.39, 0.29) is 5.91 Å². The molecule has 8 heteroatoms. The van der Waals surface area contributed by atoms with Gasteiger partial charge in [0.2, 0.25) is 0 Å². The lowest BCUT2D eigenvalue weighted by Gasteiger charge is -2.12. The van der Waals surface area contributed by atoms with E-state index in [0.29, 0.717) is 39.0 Å². The Labute approximate surface area is 172 Å². The van der Waals surface area contributed by atoms with Gasteiger partial charge in [0.05, 0.1) is 18.2 Å². The molecule has 0 saturated heterocycles. The summed E-state index contributed by atoms with van der Waals surface area (Å²) in [6.07, 6.45) is 9.85. The zero-order valence-electron chi connectivity index (χ0n) is 16.7. The minimum atomic E-state index is -0.167. The van der Waals surface area contributed by atoms with Crippen LogP contribution in [0.25, 0.3) is 33.3 Å². The van der Waals surface area contributed by atoms with Crippen LogP contribution in [-0.2, 0) is 0 Å². The summed E-state index contributed by atoms with van der Waals surface area (Å²) >= 11 is 0.